The standard InChI is InChI=1S/C23H29N3O2/c1-3-13-25(14-4-2)23(28)19-9-7-10-20(16-19)24-17-22(27)26-15-12-18-8-5-6-11-21(18)26/h5-11,16,24H,3-4,12-15,17H2,1-2H3. The number of amides is 2. The Hall–Kier alpha value is -2.82. The van der Waals surface area contributed by atoms with Gasteiger partial charge in [-0.25, -0.2) is 0 Å². The first-order valence-electron chi connectivity index (χ1n) is 10.2. The van der Waals surface area contributed by atoms with E-state index in [1.54, 1.807) is 0 Å². The van der Waals surface area contributed by atoms with Gasteiger partial charge in [-0.3, -0.25) is 9.59 Å². The van der Waals surface area contributed by atoms with Gasteiger partial charge in [-0.2, -0.15) is 0 Å². The summed E-state index contributed by atoms with van der Waals surface area (Å²) in [5, 5.41) is 3.19. The second-order valence-corrected chi connectivity index (χ2v) is 7.15. The predicted molar refractivity (Wildman–Crippen MR) is 114 cm³/mol. The zero-order valence-corrected chi connectivity index (χ0v) is 16.8. The molecule has 2 aromatic carbocycles. The number of fused-ring (bicyclic) bond motifs is 1. The molecule has 1 aliphatic heterocycles. The summed E-state index contributed by atoms with van der Waals surface area (Å²) < 4.78 is 0. The number of para-hydroxylation sites is 1. The highest BCUT2D eigenvalue weighted by molar-refractivity contribution is 5.98. The molecule has 5 nitrogen and oxygen atoms in total. The van der Waals surface area contributed by atoms with Crippen LogP contribution in [-0.2, 0) is 11.2 Å². The van der Waals surface area contributed by atoms with Gasteiger partial charge in [0.15, 0.2) is 0 Å². The fourth-order valence-electron chi connectivity index (χ4n) is 3.67. The molecular formula is C23H29N3O2. The minimum atomic E-state index is 0.0419. The number of benzene rings is 2. The molecule has 0 saturated carbocycles. The highest BCUT2D eigenvalue weighted by atomic mass is 16.2. The van der Waals surface area contributed by atoms with E-state index in [1.807, 2.05) is 52.3 Å². The normalized spacial score (nSPS) is 12.6. The average Bonchev–Trinajstić information content (AvgIpc) is 3.16. The van der Waals surface area contributed by atoms with E-state index in [4.69, 9.17) is 0 Å². The molecule has 0 bridgehead atoms. The Morgan fingerprint density at radius 2 is 1.79 bits per heavy atom. The summed E-state index contributed by atoms with van der Waals surface area (Å²) in [6, 6.07) is 15.5. The second kappa shape index (κ2) is 9.40. The lowest BCUT2D eigenvalue weighted by atomic mass is 10.1. The zero-order chi connectivity index (χ0) is 19.9. The van der Waals surface area contributed by atoms with Crippen LogP contribution in [0.1, 0.15) is 42.6 Å². The van der Waals surface area contributed by atoms with E-state index < -0.39 is 0 Å². The molecule has 1 N–H and O–H groups in total. The van der Waals surface area contributed by atoms with E-state index >= 15 is 0 Å². The Morgan fingerprint density at radius 3 is 2.54 bits per heavy atom. The lowest BCUT2D eigenvalue weighted by Gasteiger charge is -2.22. The fraction of sp³-hybridized carbons (Fsp3) is 0.391. The second-order valence-electron chi connectivity index (χ2n) is 7.15. The van der Waals surface area contributed by atoms with E-state index in [0.717, 1.165) is 50.3 Å². The van der Waals surface area contributed by atoms with Crippen molar-refractivity contribution in [3.8, 4) is 0 Å². The molecule has 5 heteroatoms. The van der Waals surface area contributed by atoms with Crippen LogP contribution in [0.25, 0.3) is 0 Å². The molecule has 148 valence electrons. The van der Waals surface area contributed by atoms with Crippen molar-refractivity contribution in [2.45, 2.75) is 33.1 Å². The molecule has 0 radical (unpaired) electrons. The number of hydrogen-bond acceptors (Lipinski definition) is 3. The van der Waals surface area contributed by atoms with E-state index in [-0.39, 0.29) is 18.4 Å². The van der Waals surface area contributed by atoms with E-state index in [0.29, 0.717) is 5.56 Å². The largest absolute Gasteiger partial charge is 0.376 e. The van der Waals surface area contributed by atoms with Crippen molar-refractivity contribution in [2.24, 2.45) is 0 Å². The zero-order valence-electron chi connectivity index (χ0n) is 16.8. The first-order valence-corrected chi connectivity index (χ1v) is 10.2. The Morgan fingerprint density at radius 1 is 1.04 bits per heavy atom. The molecular weight excluding hydrogens is 350 g/mol. The van der Waals surface area contributed by atoms with Gasteiger partial charge in [0.25, 0.3) is 5.91 Å². The summed E-state index contributed by atoms with van der Waals surface area (Å²) in [7, 11) is 0. The summed E-state index contributed by atoms with van der Waals surface area (Å²) in [6.45, 7) is 6.61. The van der Waals surface area contributed by atoms with E-state index in [1.165, 1.54) is 5.56 Å². The third-order valence-electron chi connectivity index (χ3n) is 5.02. The molecule has 0 spiro atoms. The smallest absolute Gasteiger partial charge is 0.253 e. The van der Waals surface area contributed by atoms with Crippen LogP contribution in [0.2, 0.25) is 0 Å². The molecule has 0 saturated heterocycles. The molecule has 0 unspecified atom stereocenters. The Balaban J connectivity index is 1.63. The van der Waals surface area contributed by atoms with Gasteiger partial charge >= 0.3 is 0 Å². The molecule has 28 heavy (non-hydrogen) atoms. The molecule has 0 atom stereocenters. The molecule has 3 rings (SSSR count). The number of nitrogens with one attached hydrogen (secondary N) is 1. The van der Waals surface area contributed by atoms with Crippen molar-refractivity contribution in [3.05, 3.63) is 59.7 Å². The van der Waals surface area contributed by atoms with Crippen molar-refractivity contribution in [1.82, 2.24) is 4.90 Å². The van der Waals surface area contributed by atoms with Crippen molar-refractivity contribution in [2.75, 3.05) is 36.4 Å². The monoisotopic (exact) mass is 379 g/mol. The van der Waals surface area contributed by atoms with Crippen molar-refractivity contribution < 1.29 is 9.59 Å². The summed E-state index contributed by atoms with van der Waals surface area (Å²) in [5.74, 6) is 0.0902. The molecule has 1 aliphatic rings. The van der Waals surface area contributed by atoms with Crippen molar-refractivity contribution in [3.63, 3.8) is 0 Å². The molecule has 0 aliphatic carbocycles. The Bertz CT molecular complexity index is 828. The van der Waals surface area contributed by atoms with Gasteiger partial charge in [0.2, 0.25) is 5.91 Å². The van der Waals surface area contributed by atoms with Gasteiger partial charge in [-0.05, 0) is 49.1 Å². The van der Waals surface area contributed by atoms with Gasteiger partial charge < -0.3 is 15.1 Å². The highest BCUT2D eigenvalue weighted by Crippen LogP contribution is 2.27. The minimum Gasteiger partial charge on any atom is -0.376 e. The molecule has 2 amide bonds. The number of rotatable bonds is 8. The van der Waals surface area contributed by atoms with Crippen LogP contribution >= 0.6 is 0 Å². The van der Waals surface area contributed by atoms with E-state index in [2.05, 4.69) is 25.2 Å². The minimum absolute atomic E-state index is 0.0419. The highest BCUT2D eigenvalue weighted by Gasteiger charge is 2.23. The lowest BCUT2D eigenvalue weighted by molar-refractivity contribution is -0.116. The first kappa shape index (κ1) is 19.9. The van der Waals surface area contributed by atoms with Crippen LogP contribution in [-0.4, -0.2) is 42.9 Å². The number of nitrogens with zero attached hydrogens (tertiary/aromatic N) is 2. The lowest BCUT2D eigenvalue weighted by Crippen LogP contribution is -2.34. The van der Waals surface area contributed by atoms with Gasteiger partial charge in [0.05, 0.1) is 6.54 Å². The van der Waals surface area contributed by atoms with Crippen LogP contribution in [0.5, 0.6) is 0 Å². The van der Waals surface area contributed by atoms with Crippen LogP contribution in [0.4, 0.5) is 11.4 Å². The van der Waals surface area contributed by atoms with Gasteiger partial charge in [0.1, 0.15) is 0 Å². The topological polar surface area (TPSA) is 52.7 Å². The molecule has 1 heterocycles. The summed E-state index contributed by atoms with van der Waals surface area (Å²) >= 11 is 0. The number of carbonyl (C=O) groups excluding carboxylic acids is 2. The first-order chi connectivity index (χ1) is 13.6. The summed E-state index contributed by atoms with van der Waals surface area (Å²) in [6.07, 6.45) is 2.78. The van der Waals surface area contributed by atoms with Crippen LogP contribution in [0.3, 0.4) is 0 Å². The third-order valence-corrected chi connectivity index (χ3v) is 5.02. The molecule has 2 aromatic rings. The van der Waals surface area contributed by atoms with E-state index in [9.17, 15) is 9.59 Å². The predicted octanol–water partition coefficient (Wildman–Crippen LogP) is 3.95. The molecule has 0 aromatic heterocycles. The maximum atomic E-state index is 12.8. The van der Waals surface area contributed by atoms with Gasteiger partial charge in [-0.15, -0.1) is 0 Å². The van der Waals surface area contributed by atoms with Crippen molar-refractivity contribution in [1.29, 1.82) is 0 Å². The maximum absolute atomic E-state index is 12.8. The van der Waals surface area contributed by atoms with Crippen LogP contribution < -0.4 is 10.2 Å². The SMILES string of the molecule is CCCN(CCC)C(=O)c1cccc(NCC(=O)N2CCc3ccccc32)c1. The van der Waals surface area contributed by atoms with Crippen LogP contribution in [0.15, 0.2) is 48.5 Å². The quantitative estimate of drug-likeness (QED) is 0.756. The third kappa shape index (κ3) is 4.53. The summed E-state index contributed by atoms with van der Waals surface area (Å²) in [5.41, 5.74) is 3.67. The number of hydrogen-bond donors (Lipinski definition) is 1. The van der Waals surface area contributed by atoms with Crippen molar-refractivity contribution >= 4 is 23.2 Å². The van der Waals surface area contributed by atoms with Gasteiger partial charge in [0, 0.05) is 36.6 Å². The fourth-order valence-corrected chi connectivity index (χ4v) is 3.67. The number of anilines is 2. The average molecular weight is 380 g/mol. The Kier molecular flexibility index (Phi) is 6.69. The molecule has 0 fully saturated rings. The Labute approximate surface area is 167 Å². The van der Waals surface area contributed by atoms with Crippen LogP contribution in [0, 0.1) is 0 Å². The maximum Gasteiger partial charge on any atom is 0.253 e. The number of carbonyl (C=O) groups is 2. The van der Waals surface area contributed by atoms with Gasteiger partial charge in [-0.1, -0.05) is 38.1 Å². The summed E-state index contributed by atoms with van der Waals surface area (Å²) in [4.78, 5) is 29.2.